The molecule has 0 N–H and O–H groups in total. The van der Waals surface area contributed by atoms with Crippen LogP contribution in [-0.4, -0.2) is 5.24 Å². The van der Waals surface area contributed by atoms with Crippen molar-refractivity contribution in [2.75, 3.05) is 0 Å². The van der Waals surface area contributed by atoms with Gasteiger partial charge in [-0.05, 0) is 28.8 Å². The molecule has 0 bridgehead atoms. The van der Waals surface area contributed by atoms with Gasteiger partial charge in [-0.3, -0.25) is 4.79 Å². The van der Waals surface area contributed by atoms with Crippen LogP contribution in [0.2, 0.25) is 0 Å². The minimum atomic E-state index is -0.210. The van der Waals surface area contributed by atoms with Crippen molar-refractivity contribution in [2.24, 2.45) is 0 Å². The number of hydrogen-bond acceptors (Lipinski definition) is 2. The lowest BCUT2D eigenvalue weighted by molar-refractivity contribution is -0.111. The van der Waals surface area contributed by atoms with E-state index >= 15 is 0 Å². The van der Waals surface area contributed by atoms with Gasteiger partial charge in [-0.25, -0.2) is 0 Å². The van der Waals surface area contributed by atoms with Gasteiger partial charge in [0, 0.05) is 6.42 Å². The van der Waals surface area contributed by atoms with Gasteiger partial charge in [-0.2, -0.15) is 11.3 Å². The summed E-state index contributed by atoms with van der Waals surface area (Å²) in [6.07, 6.45) is 3.73. The molecule has 0 atom stereocenters. The molecule has 0 aromatic carbocycles. The first-order valence-electron chi connectivity index (χ1n) is 4.43. The molecule has 1 aromatic heterocycles. The molecular formula is C10H15ClOS. The number of carbonyl (C=O) groups excluding carboxylic acids is 1. The first kappa shape index (κ1) is 12.7. The summed E-state index contributed by atoms with van der Waals surface area (Å²) < 4.78 is 0. The maximum Gasteiger partial charge on any atom is 0.221 e. The van der Waals surface area contributed by atoms with Crippen LogP contribution >= 0.6 is 22.9 Å². The second-order valence-electron chi connectivity index (χ2n) is 2.61. The zero-order valence-electron chi connectivity index (χ0n) is 7.83. The average Bonchev–Trinajstić information content (AvgIpc) is 2.61. The summed E-state index contributed by atoms with van der Waals surface area (Å²) in [5.41, 5.74) is 0. The Bertz CT molecular complexity index is 179. The van der Waals surface area contributed by atoms with Gasteiger partial charge in [-0.1, -0.05) is 31.9 Å². The lowest BCUT2D eigenvalue weighted by Crippen LogP contribution is -1.84. The molecule has 13 heavy (non-hydrogen) atoms. The van der Waals surface area contributed by atoms with Crippen molar-refractivity contribution in [3.63, 3.8) is 0 Å². The molecule has 0 radical (unpaired) electrons. The Hall–Kier alpha value is -0.340. The van der Waals surface area contributed by atoms with E-state index in [4.69, 9.17) is 11.6 Å². The first-order chi connectivity index (χ1) is 6.27. The number of thiophene rings is 1. The van der Waals surface area contributed by atoms with E-state index in [9.17, 15) is 4.79 Å². The Morgan fingerprint density at radius 1 is 1.31 bits per heavy atom. The molecule has 74 valence electrons. The van der Waals surface area contributed by atoms with Crippen molar-refractivity contribution in [2.45, 2.75) is 32.6 Å². The van der Waals surface area contributed by atoms with Crippen molar-refractivity contribution >= 4 is 28.2 Å². The summed E-state index contributed by atoms with van der Waals surface area (Å²) in [7, 11) is 0. The Morgan fingerprint density at radius 3 is 2.23 bits per heavy atom. The van der Waals surface area contributed by atoms with Gasteiger partial charge in [0.05, 0.1) is 0 Å². The van der Waals surface area contributed by atoms with Crippen LogP contribution in [0.1, 0.15) is 32.6 Å². The number of unbranched alkanes of at least 4 members (excludes halogenated alkanes) is 2. The van der Waals surface area contributed by atoms with Crippen LogP contribution in [0.5, 0.6) is 0 Å². The summed E-state index contributed by atoms with van der Waals surface area (Å²) in [5.74, 6) is 0. The molecule has 0 fully saturated rings. The van der Waals surface area contributed by atoms with Gasteiger partial charge in [-0.15, -0.1) is 0 Å². The molecule has 1 heterocycles. The maximum absolute atomic E-state index is 10.1. The highest BCUT2D eigenvalue weighted by Gasteiger charge is 1.92. The van der Waals surface area contributed by atoms with E-state index in [0.29, 0.717) is 6.42 Å². The predicted molar refractivity (Wildman–Crippen MR) is 59.3 cm³/mol. The highest BCUT2D eigenvalue weighted by atomic mass is 35.5. The van der Waals surface area contributed by atoms with Crippen LogP contribution in [-0.2, 0) is 4.79 Å². The minimum Gasteiger partial charge on any atom is -0.281 e. The lowest BCUT2D eigenvalue weighted by atomic mass is 10.2. The summed E-state index contributed by atoms with van der Waals surface area (Å²) in [4.78, 5) is 10.1. The molecule has 0 aliphatic carbocycles. The Morgan fingerprint density at radius 2 is 1.92 bits per heavy atom. The third-order valence-electron chi connectivity index (χ3n) is 1.40. The summed E-state index contributed by atoms with van der Waals surface area (Å²) in [5, 5.41) is 3.87. The molecule has 0 saturated carbocycles. The van der Waals surface area contributed by atoms with Gasteiger partial charge in [0.2, 0.25) is 5.24 Å². The van der Waals surface area contributed by atoms with Gasteiger partial charge >= 0.3 is 0 Å². The molecule has 3 heteroatoms. The lowest BCUT2D eigenvalue weighted by Gasteiger charge is -1.89. The monoisotopic (exact) mass is 218 g/mol. The molecule has 0 unspecified atom stereocenters. The van der Waals surface area contributed by atoms with Gasteiger partial charge < -0.3 is 0 Å². The number of hydrogen-bond donors (Lipinski definition) is 0. The first-order valence-corrected chi connectivity index (χ1v) is 5.75. The largest absolute Gasteiger partial charge is 0.281 e. The van der Waals surface area contributed by atoms with Crippen LogP contribution in [0.3, 0.4) is 0 Å². The Kier molecular flexibility index (Phi) is 9.49. The number of rotatable bonds is 4. The quantitative estimate of drug-likeness (QED) is 0.550. The van der Waals surface area contributed by atoms with Crippen LogP contribution in [0.25, 0.3) is 0 Å². The smallest absolute Gasteiger partial charge is 0.221 e. The van der Waals surface area contributed by atoms with Crippen molar-refractivity contribution in [3.8, 4) is 0 Å². The minimum absolute atomic E-state index is 0.210. The fraction of sp³-hybridized carbons (Fsp3) is 0.500. The van der Waals surface area contributed by atoms with E-state index in [1.807, 2.05) is 22.9 Å². The summed E-state index contributed by atoms with van der Waals surface area (Å²) in [6.45, 7) is 2.10. The maximum atomic E-state index is 10.1. The molecule has 0 aliphatic rings. The number of carbonyl (C=O) groups is 1. The molecule has 0 saturated heterocycles. The molecule has 1 aromatic rings. The molecule has 0 aliphatic heterocycles. The standard InChI is InChI=1S/C6H11ClO.C4H4S/c1-2-3-4-5-6(7)8;1-2-4-5-3-1/h2-5H2,1H3;1-4H. The van der Waals surface area contributed by atoms with Gasteiger partial charge in [0.15, 0.2) is 0 Å². The normalized spacial score (nSPS) is 8.77. The summed E-state index contributed by atoms with van der Waals surface area (Å²) in [6, 6.07) is 4.04. The molecule has 1 rings (SSSR count). The van der Waals surface area contributed by atoms with E-state index in [1.165, 1.54) is 0 Å². The Labute approximate surface area is 88.7 Å². The SMILES string of the molecule is CCCCCC(=O)Cl.c1ccsc1. The second kappa shape index (κ2) is 9.75. The fourth-order valence-corrected chi connectivity index (χ4v) is 1.33. The van der Waals surface area contributed by atoms with E-state index in [0.717, 1.165) is 19.3 Å². The van der Waals surface area contributed by atoms with E-state index in [1.54, 1.807) is 11.3 Å². The van der Waals surface area contributed by atoms with E-state index in [-0.39, 0.29) is 5.24 Å². The van der Waals surface area contributed by atoms with Crippen molar-refractivity contribution in [1.29, 1.82) is 0 Å². The topological polar surface area (TPSA) is 17.1 Å². The van der Waals surface area contributed by atoms with Crippen LogP contribution < -0.4 is 0 Å². The zero-order valence-corrected chi connectivity index (χ0v) is 9.40. The van der Waals surface area contributed by atoms with E-state index in [2.05, 4.69) is 6.92 Å². The summed E-state index contributed by atoms with van der Waals surface area (Å²) >= 11 is 6.79. The molecule has 1 nitrogen and oxygen atoms in total. The molecule has 0 spiro atoms. The highest BCUT2D eigenvalue weighted by molar-refractivity contribution is 7.07. The fourth-order valence-electron chi connectivity index (χ4n) is 0.741. The third kappa shape index (κ3) is 11.7. The van der Waals surface area contributed by atoms with Gasteiger partial charge in [0.1, 0.15) is 0 Å². The van der Waals surface area contributed by atoms with Crippen molar-refractivity contribution in [3.05, 3.63) is 22.9 Å². The number of halogens is 1. The second-order valence-corrected chi connectivity index (χ2v) is 3.84. The molecular weight excluding hydrogens is 204 g/mol. The highest BCUT2D eigenvalue weighted by Crippen LogP contribution is 2.00. The van der Waals surface area contributed by atoms with Crippen LogP contribution in [0.15, 0.2) is 22.9 Å². The van der Waals surface area contributed by atoms with Crippen molar-refractivity contribution < 1.29 is 4.79 Å². The van der Waals surface area contributed by atoms with Gasteiger partial charge in [0.25, 0.3) is 0 Å². The zero-order chi connectivity index (χ0) is 9.94. The van der Waals surface area contributed by atoms with Crippen LogP contribution in [0, 0.1) is 0 Å². The Balaban J connectivity index is 0.000000243. The predicted octanol–water partition coefficient (Wildman–Crippen LogP) is 4.08. The third-order valence-corrected chi connectivity index (χ3v) is 2.22. The average molecular weight is 219 g/mol. The van der Waals surface area contributed by atoms with E-state index < -0.39 is 0 Å². The van der Waals surface area contributed by atoms with Crippen molar-refractivity contribution in [1.82, 2.24) is 0 Å². The molecule has 0 amide bonds. The van der Waals surface area contributed by atoms with Crippen LogP contribution in [0.4, 0.5) is 0 Å².